The zero-order chi connectivity index (χ0) is 14.4. The van der Waals surface area contributed by atoms with Crippen LogP contribution in [0.1, 0.15) is 39.6 Å². The van der Waals surface area contributed by atoms with Crippen LogP contribution in [0.3, 0.4) is 0 Å². The molecule has 0 bridgehead atoms. The monoisotopic (exact) mass is 286 g/mol. The highest BCUT2D eigenvalue weighted by Gasteiger charge is 2.19. The third-order valence-electron chi connectivity index (χ3n) is 2.86. The van der Waals surface area contributed by atoms with Crippen LogP contribution in [0.4, 0.5) is 0 Å². The second-order valence-electron chi connectivity index (χ2n) is 4.53. The Labute approximate surface area is 118 Å². The molecule has 19 heavy (non-hydrogen) atoms. The molecule has 2 N–H and O–H groups in total. The van der Waals surface area contributed by atoms with E-state index in [4.69, 9.17) is 10.2 Å². The summed E-state index contributed by atoms with van der Waals surface area (Å²) >= 11 is 1.25. The summed E-state index contributed by atoms with van der Waals surface area (Å²) in [6, 6.07) is -0.264. The molecule has 7 heteroatoms. The first kappa shape index (κ1) is 16.0. The highest BCUT2D eigenvalue weighted by Crippen LogP contribution is 2.22. The van der Waals surface area contributed by atoms with Gasteiger partial charge in [0.05, 0.1) is 11.8 Å². The first-order valence-corrected chi connectivity index (χ1v) is 7.47. The molecule has 0 aromatic carbocycles. The number of aromatic nitrogens is 2. The van der Waals surface area contributed by atoms with Crippen molar-refractivity contribution in [2.75, 3.05) is 18.8 Å². The zero-order valence-electron chi connectivity index (χ0n) is 11.9. The van der Waals surface area contributed by atoms with Gasteiger partial charge in [-0.1, -0.05) is 25.6 Å². The number of hydrogen-bond donors (Lipinski definition) is 1. The van der Waals surface area contributed by atoms with Gasteiger partial charge in [-0.3, -0.25) is 4.79 Å². The Bertz CT molecular complexity index is 404. The largest absolute Gasteiger partial charge is 0.414 e. The van der Waals surface area contributed by atoms with Gasteiger partial charge in [0.25, 0.3) is 5.22 Å². The summed E-state index contributed by atoms with van der Waals surface area (Å²) in [6.45, 7) is 9.32. The molecule has 0 aliphatic rings. The standard InChI is InChI=1S/C12H22N4O2S/c1-5-16(6-2)9(17)7-19-12-15-14-11(18-12)10(13)8(3)4/h8,10H,5-7,13H2,1-4H3/t10-/m0/s1. The highest BCUT2D eigenvalue weighted by molar-refractivity contribution is 7.99. The lowest BCUT2D eigenvalue weighted by atomic mass is 10.1. The van der Waals surface area contributed by atoms with E-state index < -0.39 is 0 Å². The molecular formula is C12H22N4O2S. The molecule has 6 nitrogen and oxygen atoms in total. The van der Waals surface area contributed by atoms with Crippen LogP contribution in [0.25, 0.3) is 0 Å². The lowest BCUT2D eigenvalue weighted by Gasteiger charge is -2.17. The van der Waals surface area contributed by atoms with Gasteiger partial charge in [0, 0.05) is 13.1 Å². The van der Waals surface area contributed by atoms with E-state index in [0.29, 0.717) is 30.0 Å². The number of carbonyl (C=O) groups is 1. The van der Waals surface area contributed by atoms with Gasteiger partial charge in [-0.15, -0.1) is 10.2 Å². The van der Waals surface area contributed by atoms with Crippen LogP contribution < -0.4 is 5.73 Å². The second-order valence-corrected chi connectivity index (χ2v) is 5.46. The van der Waals surface area contributed by atoms with Crippen LogP contribution in [0, 0.1) is 5.92 Å². The second kappa shape index (κ2) is 7.49. The molecule has 1 atom stereocenters. The zero-order valence-corrected chi connectivity index (χ0v) is 12.7. The fourth-order valence-corrected chi connectivity index (χ4v) is 2.16. The normalized spacial score (nSPS) is 12.7. The Morgan fingerprint density at radius 1 is 1.37 bits per heavy atom. The lowest BCUT2D eigenvalue weighted by molar-refractivity contribution is -0.127. The average Bonchev–Trinajstić information content (AvgIpc) is 2.85. The highest BCUT2D eigenvalue weighted by atomic mass is 32.2. The Hall–Kier alpha value is -1.08. The third-order valence-corrected chi connectivity index (χ3v) is 3.66. The summed E-state index contributed by atoms with van der Waals surface area (Å²) in [5.74, 6) is 1.03. The van der Waals surface area contributed by atoms with E-state index in [2.05, 4.69) is 10.2 Å². The molecule has 1 rings (SSSR count). The van der Waals surface area contributed by atoms with Crippen molar-refractivity contribution in [2.45, 2.75) is 39.0 Å². The summed E-state index contributed by atoms with van der Waals surface area (Å²) in [6.07, 6.45) is 0. The van der Waals surface area contributed by atoms with E-state index in [1.54, 1.807) is 4.90 Å². The van der Waals surface area contributed by atoms with E-state index in [-0.39, 0.29) is 17.9 Å². The third kappa shape index (κ3) is 4.50. The average molecular weight is 286 g/mol. The maximum atomic E-state index is 11.8. The van der Waals surface area contributed by atoms with Gasteiger partial charge in [0.1, 0.15) is 0 Å². The van der Waals surface area contributed by atoms with Crippen molar-refractivity contribution in [2.24, 2.45) is 11.7 Å². The fraction of sp³-hybridized carbons (Fsp3) is 0.750. The molecule has 0 radical (unpaired) electrons. The van der Waals surface area contributed by atoms with Gasteiger partial charge in [-0.25, -0.2) is 0 Å². The van der Waals surface area contributed by atoms with E-state index in [9.17, 15) is 4.79 Å². The van der Waals surface area contributed by atoms with Crippen LogP contribution in [0.2, 0.25) is 0 Å². The Morgan fingerprint density at radius 3 is 2.53 bits per heavy atom. The van der Waals surface area contributed by atoms with E-state index in [1.807, 2.05) is 27.7 Å². The predicted molar refractivity (Wildman–Crippen MR) is 74.7 cm³/mol. The van der Waals surface area contributed by atoms with Crippen molar-refractivity contribution in [1.82, 2.24) is 15.1 Å². The molecular weight excluding hydrogens is 264 g/mol. The van der Waals surface area contributed by atoms with Crippen molar-refractivity contribution in [1.29, 1.82) is 0 Å². The van der Waals surface area contributed by atoms with Crippen LogP contribution in [-0.4, -0.2) is 39.8 Å². The molecule has 0 saturated heterocycles. The number of rotatable bonds is 7. The molecule has 1 heterocycles. The summed E-state index contributed by atoms with van der Waals surface area (Å²) in [5, 5.41) is 8.21. The molecule has 1 aromatic rings. The van der Waals surface area contributed by atoms with E-state index in [0.717, 1.165) is 0 Å². The topological polar surface area (TPSA) is 85.2 Å². The van der Waals surface area contributed by atoms with E-state index in [1.165, 1.54) is 11.8 Å². The smallest absolute Gasteiger partial charge is 0.277 e. The van der Waals surface area contributed by atoms with Gasteiger partial charge in [-0.05, 0) is 19.8 Å². The first-order chi connectivity index (χ1) is 8.99. The Balaban J connectivity index is 2.53. The number of carbonyl (C=O) groups excluding carboxylic acids is 1. The molecule has 0 spiro atoms. The number of nitrogens with two attached hydrogens (primary N) is 1. The first-order valence-electron chi connectivity index (χ1n) is 6.49. The fourth-order valence-electron chi connectivity index (χ4n) is 1.49. The molecule has 0 aliphatic heterocycles. The predicted octanol–water partition coefficient (Wildman–Crippen LogP) is 1.69. The summed E-state index contributed by atoms with van der Waals surface area (Å²) in [7, 11) is 0. The maximum absolute atomic E-state index is 11.8. The molecule has 108 valence electrons. The summed E-state index contributed by atoms with van der Waals surface area (Å²) in [5.41, 5.74) is 5.92. The molecule has 1 amide bonds. The molecule has 1 aromatic heterocycles. The molecule has 0 saturated carbocycles. The Kier molecular flexibility index (Phi) is 6.30. The van der Waals surface area contributed by atoms with Gasteiger partial charge in [0.15, 0.2) is 0 Å². The summed E-state index contributed by atoms with van der Waals surface area (Å²) in [4.78, 5) is 13.6. The minimum Gasteiger partial charge on any atom is -0.414 e. The van der Waals surface area contributed by atoms with Crippen molar-refractivity contribution in [3.8, 4) is 0 Å². The molecule has 0 fully saturated rings. The van der Waals surface area contributed by atoms with Gasteiger partial charge in [0.2, 0.25) is 11.8 Å². The van der Waals surface area contributed by atoms with Crippen LogP contribution in [-0.2, 0) is 4.79 Å². The van der Waals surface area contributed by atoms with Gasteiger partial charge in [-0.2, -0.15) is 0 Å². The van der Waals surface area contributed by atoms with Gasteiger partial charge >= 0.3 is 0 Å². The van der Waals surface area contributed by atoms with Crippen LogP contribution >= 0.6 is 11.8 Å². The van der Waals surface area contributed by atoms with Crippen LogP contribution in [0.5, 0.6) is 0 Å². The number of amides is 1. The maximum Gasteiger partial charge on any atom is 0.277 e. The van der Waals surface area contributed by atoms with Crippen molar-refractivity contribution in [3.63, 3.8) is 0 Å². The lowest BCUT2D eigenvalue weighted by Crippen LogP contribution is -2.31. The minimum absolute atomic E-state index is 0.0721. The van der Waals surface area contributed by atoms with E-state index >= 15 is 0 Å². The SMILES string of the molecule is CCN(CC)C(=O)CSc1nnc([C@@H](N)C(C)C)o1. The minimum atomic E-state index is -0.264. The molecule has 0 aliphatic carbocycles. The van der Waals surface area contributed by atoms with Crippen molar-refractivity contribution >= 4 is 17.7 Å². The van der Waals surface area contributed by atoms with Crippen molar-refractivity contribution in [3.05, 3.63) is 5.89 Å². The van der Waals surface area contributed by atoms with Crippen molar-refractivity contribution < 1.29 is 9.21 Å². The Morgan fingerprint density at radius 2 is 2.00 bits per heavy atom. The number of thioether (sulfide) groups is 1. The van der Waals surface area contributed by atoms with Gasteiger partial charge < -0.3 is 15.1 Å². The summed E-state index contributed by atoms with van der Waals surface area (Å²) < 4.78 is 5.45. The number of hydrogen-bond acceptors (Lipinski definition) is 6. The quantitative estimate of drug-likeness (QED) is 0.768. The molecule has 0 unspecified atom stereocenters. The van der Waals surface area contributed by atoms with Crippen LogP contribution in [0.15, 0.2) is 9.64 Å². The number of nitrogens with zero attached hydrogens (tertiary/aromatic N) is 3.